The molecular formula is C11H26N2. The maximum atomic E-state index is 5.89. The standard InChI is InChI=1S/C11H26N2/c1-4-6-11(12)7-8-13-9-10(3)5-2/h10-11,13H,4-9,12H2,1-3H3. The molecule has 0 heterocycles. The number of nitrogens with two attached hydrogens (primary N) is 1. The number of rotatable bonds is 8. The Morgan fingerprint density at radius 3 is 2.46 bits per heavy atom. The second-order valence-electron chi connectivity index (χ2n) is 4.05. The molecule has 2 atom stereocenters. The third-order valence-corrected chi connectivity index (χ3v) is 2.54. The molecular weight excluding hydrogens is 160 g/mol. The largest absolute Gasteiger partial charge is 0.328 e. The van der Waals surface area contributed by atoms with Gasteiger partial charge in [0, 0.05) is 6.04 Å². The van der Waals surface area contributed by atoms with Crippen LogP contribution in [0.3, 0.4) is 0 Å². The van der Waals surface area contributed by atoms with Crippen LogP contribution in [0.2, 0.25) is 0 Å². The van der Waals surface area contributed by atoms with Crippen LogP contribution in [0.15, 0.2) is 0 Å². The third kappa shape index (κ3) is 8.26. The van der Waals surface area contributed by atoms with Gasteiger partial charge in [0.2, 0.25) is 0 Å². The van der Waals surface area contributed by atoms with Crippen molar-refractivity contribution in [3.8, 4) is 0 Å². The first-order chi connectivity index (χ1) is 6.20. The molecule has 13 heavy (non-hydrogen) atoms. The zero-order valence-corrected chi connectivity index (χ0v) is 9.47. The van der Waals surface area contributed by atoms with Crippen molar-refractivity contribution in [1.29, 1.82) is 0 Å². The lowest BCUT2D eigenvalue weighted by Crippen LogP contribution is -2.28. The molecule has 0 aliphatic carbocycles. The van der Waals surface area contributed by atoms with Crippen LogP contribution in [0.5, 0.6) is 0 Å². The minimum absolute atomic E-state index is 0.398. The maximum absolute atomic E-state index is 5.89. The molecule has 0 fully saturated rings. The van der Waals surface area contributed by atoms with E-state index < -0.39 is 0 Å². The highest BCUT2D eigenvalue weighted by molar-refractivity contribution is 4.63. The van der Waals surface area contributed by atoms with Gasteiger partial charge in [0.05, 0.1) is 0 Å². The number of nitrogens with one attached hydrogen (secondary N) is 1. The molecule has 2 nitrogen and oxygen atoms in total. The fourth-order valence-electron chi connectivity index (χ4n) is 1.30. The average Bonchev–Trinajstić information content (AvgIpc) is 2.12. The average molecular weight is 186 g/mol. The van der Waals surface area contributed by atoms with Crippen LogP contribution in [0.4, 0.5) is 0 Å². The summed E-state index contributed by atoms with van der Waals surface area (Å²) in [5, 5.41) is 3.45. The monoisotopic (exact) mass is 186 g/mol. The van der Waals surface area contributed by atoms with Crippen LogP contribution in [0, 0.1) is 5.92 Å². The minimum Gasteiger partial charge on any atom is -0.328 e. The molecule has 0 saturated heterocycles. The zero-order valence-electron chi connectivity index (χ0n) is 9.47. The molecule has 0 saturated carbocycles. The highest BCUT2D eigenvalue weighted by Crippen LogP contribution is 1.99. The van der Waals surface area contributed by atoms with Gasteiger partial charge < -0.3 is 11.1 Å². The molecule has 0 spiro atoms. The topological polar surface area (TPSA) is 38.0 Å². The van der Waals surface area contributed by atoms with Gasteiger partial charge in [-0.05, 0) is 31.8 Å². The Balaban J connectivity index is 3.15. The predicted molar refractivity (Wildman–Crippen MR) is 59.8 cm³/mol. The highest BCUT2D eigenvalue weighted by Gasteiger charge is 2.01. The van der Waals surface area contributed by atoms with Gasteiger partial charge >= 0.3 is 0 Å². The van der Waals surface area contributed by atoms with Crippen molar-refractivity contribution in [1.82, 2.24) is 5.32 Å². The normalized spacial score (nSPS) is 15.7. The van der Waals surface area contributed by atoms with Crippen LogP contribution in [0.25, 0.3) is 0 Å². The van der Waals surface area contributed by atoms with Gasteiger partial charge in [-0.3, -0.25) is 0 Å². The minimum atomic E-state index is 0.398. The van der Waals surface area contributed by atoms with Gasteiger partial charge in [0.1, 0.15) is 0 Å². The van der Waals surface area contributed by atoms with E-state index in [-0.39, 0.29) is 0 Å². The van der Waals surface area contributed by atoms with E-state index in [1.54, 1.807) is 0 Å². The van der Waals surface area contributed by atoms with Crippen molar-refractivity contribution in [2.75, 3.05) is 13.1 Å². The van der Waals surface area contributed by atoms with Crippen molar-refractivity contribution in [2.45, 2.75) is 52.5 Å². The second-order valence-corrected chi connectivity index (χ2v) is 4.05. The van der Waals surface area contributed by atoms with Gasteiger partial charge in [-0.1, -0.05) is 33.6 Å². The van der Waals surface area contributed by atoms with E-state index in [2.05, 4.69) is 26.1 Å². The lowest BCUT2D eigenvalue weighted by atomic mass is 10.1. The second kappa shape index (κ2) is 8.52. The van der Waals surface area contributed by atoms with Gasteiger partial charge in [0.15, 0.2) is 0 Å². The van der Waals surface area contributed by atoms with E-state index in [0.29, 0.717) is 6.04 Å². The van der Waals surface area contributed by atoms with Crippen LogP contribution in [-0.4, -0.2) is 19.1 Å². The molecule has 0 radical (unpaired) electrons. The van der Waals surface area contributed by atoms with Crippen molar-refractivity contribution in [3.63, 3.8) is 0 Å². The SMILES string of the molecule is CCCC(N)CCNCC(C)CC. The Kier molecular flexibility index (Phi) is 8.46. The highest BCUT2D eigenvalue weighted by atomic mass is 14.9. The Hall–Kier alpha value is -0.0800. The van der Waals surface area contributed by atoms with Crippen molar-refractivity contribution in [2.24, 2.45) is 11.7 Å². The smallest absolute Gasteiger partial charge is 0.00508 e. The molecule has 0 amide bonds. The quantitative estimate of drug-likeness (QED) is 0.570. The number of hydrogen-bond acceptors (Lipinski definition) is 2. The van der Waals surface area contributed by atoms with Crippen LogP contribution in [-0.2, 0) is 0 Å². The fraction of sp³-hybridized carbons (Fsp3) is 1.00. The lowest BCUT2D eigenvalue weighted by molar-refractivity contribution is 0.470. The Bertz CT molecular complexity index is 104. The first-order valence-corrected chi connectivity index (χ1v) is 5.66. The maximum Gasteiger partial charge on any atom is 0.00508 e. The van der Waals surface area contributed by atoms with E-state index >= 15 is 0 Å². The summed E-state index contributed by atoms with van der Waals surface area (Å²) in [6, 6.07) is 0.398. The van der Waals surface area contributed by atoms with Gasteiger partial charge in [-0.2, -0.15) is 0 Å². The molecule has 0 aromatic heterocycles. The summed E-state index contributed by atoms with van der Waals surface area (Å²) in [7, 11) is 0. The molecule has 0 aromatic rings. The van der Waals surface area contributed by atoms with Gasteiger partial charge in [-0.25, -0.2) is 0 Å². The zero-order chi connectivity index (χ0) is 10.1. The molecule has 0 aromatic carbocycles. The predicted octanol–water partition coefficient (Wildman–Crippen LogP) is 2.14. The summed E-state index contributed by atoms with van der Waals surface area (Å²) in [4.78, 5) is 0. The molecule has 2 unspecified atom stereocenters. The van der Waals surface area contributed by atoms with Crippen molar-refractivity contribution >= 4 is 0 Å². The molecule has 0 aliphatic heterocycles. The summed E-state index contributed by atoms with van der Waals surface area (Å²) < 4.78 is 0. The first-order valence-electron chi connectivity index (χ1n) is 5.66. The molecule has 80 valence electrons. The van der Waals surface area contributed by atoms with Crippen LogP contribution in [0.1, 0.15) is 46.5 Å². The Labute approximate surface area is 83.3 Å². The van der Waals surface area contributed by atoms with E-state index in [1.165, 1.54) is 12.8 Å². The van der Waals surface area contributed by atoms with Gasteiger partial charge in [0.25, 0.3) is 0 Å². The van der Waals surface area contributed by atoms with E-state index in [1.807, 2.05) is 0 Å². The fourth-order valence-corrected chi connectivity index (χ4v) is 1.30. The first kappa shape index (κ1) is 12.9. The van der Waals surface area contributed by atoms with E-state index in [9.17, 15) is 0 Å². The summed E-state index contributed by atoms with van der Waals surface area (Å²) in [5.74, 6) is 0.794. The van der Waals surface area contributed by atoms with Crippen LogP contribution >= 0.6 is 0 Å². The number of hydrogen-bond donors (Lipinski definition) is 2. The molecule has 2 heteroatoms. The Morgan fingerprint density at radius 1 is 1.23 bits per heavy atom. The molecule has 0 bridgehead atoms. The summed E-state index contributed by atoms with van der Waals surface area (Å²) in [6.07, 6.45) is 4.73. The summed E-state index contributed by atoms with van der Waals surface area (Å²) in [5.41, 5.74) is 5.89. The van der Waals surface area contributed by atoms with Crippen molar-refractivity contribution in [3.05, 3.63) is 0 Å². The summed E-state index contributed by atoms with van der Waals surface area (Å²) >= 11 is 0. The molecule has 3 N–H and O–H groups in total. The van der Waals surface area contributed by atoms with E-state index in [4.69, 9.17) is 5.73 Å². The van der Waals surface area contributed by atoms with Gasteiger partial charge in [-0.15, -0.1) is 0 Å². The molecule has 0 aliphatic rings. The summed E-state index contributed by atoms with van der Waals surface area (Å²) in [6.45, 7) is 8.90. The van der Waals surface area contributed by atoms with Crippen LogP contribution < -0.4 is 11.1 Å². The lowest BCUT2D eigenvalue weighted by Gasteiger charge is -2.13. The molecule has 0 rings (SSSR count). The Morgan fingerprint density at radius 2 is 1.92 bits per heavy atom. The third-order valence-electron chi connectivity index (χ3n) is 2.54. The van der Waals surface area contributed by atoms with Crippen molar-refractivity contribution < 1.29 is 0 Å². The van der Waals surface area contributed by atoms with E-state index in [0.717, 1.165) is 31.8 Å².